The Morgan fingerprint density at radius 3 is 2.53 bits per heavy atom. The van der Waals surface area contributed by atoms with Gasteiger partial charge in [0.1, 0.15) is 5.82 Å². The summed E-state index contributed by atoms with van der Waals surface area (Å²) in [6.45, 7) is 6.76. The first-order chi connectivity index (χ1) is 8.14. The van der Waals surface area contributed by atoms with Gasteiger partial charge >= 0.3 is 0 Å². The fourth-order valence-electron chi connectivity index (χ4n) is 2.02. The molecule has 0 spiro atoms. The van der Waals surface area contributed by atoms with Crippen LogP contribution in [0.5, 0.6) is 0 Å². The average molecular weight is 234 g/mol. The summed E-state index contributed by atoms with van der Waals surface area (Å²) in [5.74, 6) is 0.978. The lowest BCUT2D eigenvalue weighted by atomic mass is 9.96. The molecule has 17 heavy (non-hydrogen) atoms. The summed E-state index contributed by atoms with van der Waals surface area (Å²) >= 11 is 0. The molecule has 0 radical (unpaired) electrons. The van der Waals surface area contributed by atoms with Gasteiger partial charge in [0.05, 0.1) is 0 Å². The molecular formula is C15H26N2. The third-order valence-electron chi connectivity index (χ3n) is 3.04. The molecule has 96 valence electrons. The van der Waals surface area contributed by atoms with Gasteiger partial charge in [0.2, 0.25) is 0 Å². The smallest absolute Gasteiger partial charge is 0.126 e. The van der Waals surface area contributed by atoms with Gasteiger partial charge < -0.3 is 5.32 Å². The second-order valence-corrected chi connectivity index (χ2v) is 5.39. The summed E-state index contributed by atoms with van der Waals surface area (Å²) in [5.41, 5.74) is 0.139. The van der Waals surface area contributed by atoms with Crippen LogP contribution < -0.4 is 5.32 Å². The van der Waals surface area contributed by atoms with Crippen LogP contribution in [0.25, 0.3) is 0 Å². The summed E-state index contributed by atoms with van der Waals surface area (Å²) in [7, 11) is 0. The van der Waals surface area contributed by atoms with E-state index in [0.29, 0.717) is 0 Å². The van der Waals surface area contributed by atoms with Crippen molar-refractivity contribution in [3.63, 3.8) is 0 Å². The number of nitrogens with zero attached hydrogens (tertiary/aromatic N) is 1. The van der Waals surface area contributed by atoms with E-state index in [1.807, 2.05) is 24.4 Å². The van der Waals surface area contributed by atoms with Gasteiger partial charge in [0, 0.05) is 11.7 Å². The minimum absolute atomic E-state index is 0.139. The minimum atomic E-state index is 0.139. The maximum Gasteiger partial charge on any atom is 0.126 e. The number of nitrogens with one attached hydrogen (secondary N) is 1. The average Bonchev–Trinajstić information content (AvgIpc) is 2.29. The Balaban J connectivity index is 2.26. The van der Waals surface area contributed by atoms with Crippen molar-refractivity contribution in [2.24, 2.45) is 0 Å². The summed E-state index contributed by atoms with van der Waals surface area (Å²) in [6, 6.07) is 5.99. The van der Waals surface area contributed by atoms with Crippen LogP contribution in [-0.4, -0.2) is 10.5 Å². The van der Waals surface area contributed by atoms with E-state index in [0.717, 1.165) is 5.82 Å². The highest BCUT2D eigenvalue weighted by atomic mass is 15.0. The van der Waals surface area contributed by atoms with Crippen molar-refractivity contribution in [1.29, 1.82) is 0 Å². The summed E-state index contributed by atoms with van der Waals surface area (Å²) in [6.07, 6.45) is 9.74. The van der Waals surface area contributed by atoms with E-state index in [-0.39, 0.29) is 5.54 Å². The molecule has 1 rings (SSSR count). The SMILES string of the molecule is CCCCCCCC(C)(C)Nc1ccccn1. The van der Waals surface area contributed by atoms with Crippen LogP contribution in [0.15, 0.2) is 24.4 Å². The molecule has 0 unspecified atom stereocenters. The molecule has 0 atom stereocenters. The molecule has 0 aliphatic rings. The van der Waals surface area contributed by atoms with Gasteiger partial charge in [-0.15, -0.1) is 0 Å². The monoisotopic (exact) mass is 234 g/mol. The molecule has 1 aromatic rings. The zero-order chi connectivity index (χ0) is 12.6. The maximum absolute atomic E-state index is 4.31. The standard InChI is InChI=1S/C15H26N2/c1-4-5-6-7-9-12-15(2,3)17-14-11-8-10-13-16-14/h8,10-11,13H,4-7,9,12H2,1-3H3,(H,16,17). The van der Waals surface area contributed by atoms with Gasteiger partial charge in [-0.25, -0.2) is 4.98 Å². The Bertz CT molecular complexity index is 293. The van der Waals surface area contributed by atoms with Gasteiger partial charge in [0.25, 0.3) is 0 Å². The highest BCUT2D eigenvalue weighted by Crippen LogP contribution is 2.19. The summed E-state index contributed by atoms with van der Waals surface area (Å²) in [4.78, 5) is 4.31. The van der Waals surface area contributed by atoms with E-state index in [9.17, 15) is 0 Å². The molecule has 0 saturated carbocycles. The van der Waals surface area contributed by atoms with Gasteiger partial charge in [-0.1, -0.05) is 45.1 Å². The van der Waals surface area contributed by atoms with E-state index >= 15 is 0 Å². The zero-order valence-corrected chi connectivity index (χ0v) is 11.5. The van der Waals surface area contributed by atoms with Gasteiger partial charge in [-0.3, -0.25) is 0 Å². The van der Waals surface area contributed by atoms with Crippen molar-refractivity contribution in [2.45, 2.75) is 64.8 Å². The number of anilines is 1. The number of aromatic nitrogens is 1. The van der Waals surface area contributed by atoms with Gasteiger partial charge in [0.15, 0.2) is 0 Å². The number of hydrogen-bond acceptors (Lipinski definition) is 2. The predicted molar refractivity (Wildman–Crippen MR) is 75.3 cm³/mol. The Morgan fingerprint density at radius 1 is 1.12 bits per heavy atom. The van der Waals surface area contributed by atoms with Crippen LogP contribution in [0.3, 0.4) is 0 Å². The van der Waals surface area contributed by atoms with Crippen molar-refractivity contribution in [3.05, 3.63) is 24.4 Å². The second-order valence-electron chi connectivity index (χ2n) is 5.39. The van der Waals surface area contributed by atoms with Crippen LogP contribution in [0.2, 0.25) is 0 Å². The highest BCUT2D eigenvalue weighted by Gasteiger charge is 2.16. The Kier molecular flexibility index (Phi) is 6.03. The van der Waals surface area contributed by atoms with E-state index in [1.165, 1.54) is 38.5 Å². The van der Waals surface area contributed by atoms with Crippen molar-refractivity contribution < 1.29 is 0 Å². The molecule has 0 bridgehead atoms. The highest BCUT2D eigenvalue weighted by molar-refractivity contribution is 5.36. The maximum atomic E-state index is 4.31. The molecular weight excluding hydrogens is 208 g/mol. The lowest BCUT2D eigenvalue weighted by Crippen LogP contribution is -2.31. The Morgan fingerprint density at radius 2 is 1.88 bits per heavy atom. The molecule has 0 aliphatic heterocycles. The molecule has 0 amide bonds. The van der Waals surface area contributed by atoms with Crippen LogP contribution in [0.4, 0.5) is 5.82 Å². The molecule has 0 aromatic carbocycles. The lowest BCUT2D eigenvalue weighted by molar-refractivity contribution is 0.473. The normalized spacial score (nSPS) is 11.5. The molecule has 2 heteroatoms. The Labute approximate surface area is 106 Å². The van der Waals surface area contributed by atoms with Crippen molar-refractivity contribution in [1.82, 2.24) is 4.98 Å². The Hall–Kier alpha value is -1.05. The minimum Gasteiger partial charge on any atom is -0.365 e. The second kappa shape index (κ2) is 7.31. The third-order valence-corrected chi connectivity index (χ3v) is 3.04. The van der Waals surface area contributed by atoms with Crippen molar-refractivity contribution in [3.8, 4) is 0 Å². The van der Waals surface area contributed by atoms with Crippen LogP contribution in [-0.2, 0) is 0 Å². The molecule has 0 aliphatic carbocycles. The number of hydrogen-bond donors (Lipinski definition) is 1. The first-order valence-corrected chi connectivity index (χ1v) is 6.83. The van der Waals surface area contributed by atoms with E-state index in [2.05, 4.69) is 31.1 Å². The van der Waals surface area contributed by atoms with Crippen LogP contribution in [0, 0.1) is 0 Å². The largest absolute Gasteiger partial charge is 0.365 e. The first kappa shape index (κ1) is 14.0. The summed E-state index contributed by atoms with van der Waals surface area (Å²) < 4.78 is 0. The molecule has 1 aromatic heterocycles. The first-order valence-electron chi connectivity index (χ1n) is 6.83. The number of unbranched alkanes of at least 4 members (excludes halogenated alkanes) is 4. The fourth-order valence-corrected chi connectivity index (χ4v) is 2.02. The number of rotatable bonds is 8. The molecule has 1 heterocycles. The molecule has 0 saturated heterocycles. The number of pyridine rings is 1. The lowest BCUT2D eigenvalue weighted by Gasteiger charge is -2.27. The third kappa shape index (κ3) is 6.30. The quantitative estimate of drug-likeness (QED) is 0.663. The van der Waals surface area contributed by atoms with Crippen molar-refractivity contribution >= 4 is 5.82 Å². The zero-order valence-electron chi connectivity index (χ0n) is 11.5. The van der Waals surface area contributed by atoms with Gasteiger partial charge in [-0.05, 0) is 32.4 Å². The van der Waals surface area contributed by atoms with E-state index in [4.69, 9.17) is 0 Å². The van der Waals surface area contributed by atoms with E-state index < -0.39 is 0 Å². The fraction of sp³-hybridized carbons (Fsp3) is 0.667. The molecule has 1 N–H and O–H groups in total. The van der Waals surface area contributed by atoms with E-state index in [1.54, 1.807) is 0 Å². The summed E-state index contributed by atoms with van der Waals surface area (Å²) in [5, 5.41) is 3.50. The molecule has 0 fully saturated rings. The van der Waals surface area contributed by atoms with Crippen molar-refractivity contribution in [2.75, 3.05) is 5.32 Å². The molecule has 2 nitrogen and oxygen atoms in total. The van der Waals surface area contributed by atoms with Crippen LogP contribution in [0.1, 0.15) is 59.3 Å². The van der Waals surface area contributed by atoms with Crippen LogP contribution >= 0.6 is 0 Å². The van der Waals surface area contributed by atoms with Gasteiger partial charge in [-0.2, -0.15) is 0 Å². The topological polar surface area (TPSA) is 24.9 Å². The predicted octanol–water partition coefficient (Wildman–Crippen LogP) is 4.63.